The first-order chi connectivity index (χ1) is 8.22. The van der Waals surface area contributed by atoms with Crippen LogP contribution >= 0.6 is 0 Å². The second kappa shape index (κ2) is 4.82. The molecule has 17 heavy (non-hydrogen) atoms. The van der Waals surface area contributed by atoms with Crippen LogP contribution in [-0.2, 0) is 0 Å². The SMILES string of the molecule is C=Cc1cncnc1N1CCN(C(=O)O)CC1. The molecule has 0 spiro atoms. The number of amides is 1. The lowest BCUT2D eigenvalue weighted by atomic mass is 10.2. The molecule has 0 aromatic carbocycles. The average molecular weight is 234 g/mol. The Kier molecular flexibility index (Phi) is 3.22. The zero-order chi connectivity index (χ0) is 12.3. The van der Waals surface area contributed by atoms with Gasteiger partial charge in [0.15, 0.2) is 0 Å². The second-order valence-electron chi connectivity index (χ2n) is 3.76. The summed E-state index contributed by atoms with van der Waals surface area (Å²) in [7, 11) is 0. The molecule has 6 nitrogen and oxygen atoms in total. The summed E-state index contributed by atoms with van der Waals surface area (Å²) in [5, 5.41) is 8.86. The van der Waals surface area contributed by atoms with Crippen molar-refractivity contribution in [3.8, 4) is 0 Å². The van der Waals surface area contributed by atoms with Gasteiger partial charge in [-0.05, 0) is 0 Å². The number of hydrogen-bond acceptors (Lipinski definition) is 4. The van der Waals surface area contributed by atoms with E-state index in [4.69, 9.17) is 5.11 Å². The largest absolute Gasteiger partial charge is 0.465 e. The molecule has 1 aliphatic heterocycles. The number of carboxylic acid groups (broad SMARTS) is 1. The maximum absolute atomic E-state index is 10.8. The van der Waals surface area contributed by atoms with Crippen LogP contribution in [0.3, 0.4) is 0 Å². The Balaban J connectivity index is 2.10. The lowest BCUT2D eigenvalue weighted by Gasteiger charge is -2.34. The van der Waals surface area contributed by atoms with Crippen molar-refractivity contribution < 1.29 is 9.90 Å². The van der Waals surface area contributed by atoms with Crippen molar-refractivity contribution in [1.82, 2.24) is 14.9 Å². The van der Waals surface area contributed by atoms with Gasteiger partial charge in [-0.3, -0.25) is 0 Å². The molecule has 1 aromatic rings. The first-order valence-corrected chi connectivity index (χ1v) is 5.37. The smallest absolute Gasteiger partial charge is 0.407 e. The number of anilines is 1. The summed E-state index contributed by atoms with van der Waals surface area (Å²) in [4.78, 5) is 22.4. The highest BCUT2D eigenvalue weighted by Gasteiger charge is 2.22. The van der Waals surface area contributed by atoms with Gasteiger partial charge < -0.3 is 14.9 Å². The van der Waals surface area contributed by atoms with E-state index >= 15 is 0 Å². The van der Waals surface area contributed by atoms with Crippen LogP contribution in [0.15, 0.2) is 19.1 Å². The molecule has 1 aliphatic rings. The molecule has 0 aliphatic carbocycles. The first kappa shape index (κ1) is 11.4. The molecule has 2 rings (SSSR count). The van der Waals surface area contributed by atoms with E-state index in [1.54, 1.807) is 12.3 Å². The second-order valence-corrected chi connectivity index (χ2v) is 3.76. The Morgan fingerprint density at radius 3 is 2.71 bits per heavy atom. The van der Waals surface area contributed by atoms with Gasteiger partial charge >= 0.3 is 6.09 Å². The van der Waals surface area contributed by atoms with E-state index in [0.29, 0.717) is 26.2 Å². The highest BCUT2D eigenvalue weighted by Crippen LogP contribution is 2.18. The molecule has 90 valence electrons. The summed E-state index contributed by atoms with van der Waals surface area (Å²) in [6, 6.07) is 0. The van der Waals surface area contributed by atoms with E-state index in [-0.39, 0.29) is 0 Å². The fraction of sp³-hybridized carbons (Fsp3) is 0.364. The predicted octanol–water partition coefficient (Wildman–Crippen LogP) is 0.920. The minimum atomic E-state index is -0.865. The Morgan fingerprint density at radius 2 is 2.12 bits per heavy atom. The Hall–Kier alpha value is -2.11. The Bertz CT molecular complexity index is 427. The van der Waals surface area contributed by atoms with Gasteiger partial charge in [0.1, 0.15) is 12.1 Å². The molecule has 6 heteroatoms. The summed E-state index contributed by atoms with van der Waals surface area (Å²) in [6.07, 6.45) is 4.04. The maximum atomic E-state index is 10.8. The molecular formula is C11H14N4O2. The number of hydrogen-bond donors (Lipinski definition) is 1. The minimum Gasteiger partial charge on any atom is -0.465 e. The topological polar surface area (TPSA) is 69.6 Å². The van der Waals surface area contributed by atoms with Gasteiger partial charge in [0.2, 0.25) is 0 Å². The van der Waals surface area contributed by atoms with E-state index in [2.05, 4.69) is 21.4 Å². The molecule has 2 heterocycles. The van der Waals surface area contributed by atoms with Crippen molar-refractivity contribution in [2.24, 2.45) is 0 Å². The van der Waals surface area contributed by atoms with E-state index in [9.17, 15) is 4.79 Å². The van der Waals surface area contributed by atoms with Gasteiger partial charge in [-0.25, -0.2) is 14.8 Å². The molecule has 0 unspecified atom stereocenters. The van der Waals surface area contributed by atoms with E-state index in [1.807, 2.05) is 0 Å². The fourth-order valence-electron chi connectivity index (χ4n) is 1.85. The van der Waals surface area contributed by atoms with Crippen molar-refractivity contribution >= 4 is 18.0 Å². The summed E-state index contributed by atoms with van der Waals surface area (Å²) in [6.45, 7) is 6.00. The van der Waals surface area contributed by atoms with Crippen molar-refractivity contribution in [2.45, 2.75) is 0 Å². The summed E-state index contributed by atoms with van der Waals surface area (Å²) in [5.74, 6) is 0.819. The zero-order valence-electron chi connectivity index (χ0n) is 9.41. The van der Waals surface area contributed by atoms with Crippen LogP contribution in [-0.4, -0.2) is 52.2 Å². The van der Waals surface area contributed by atoms with E-state index in [1.165, 1.54) is 11.2 Å². The normalized spacial score (nSPS) is 15.8. The van der Waals surface area contributed by atoms with Crippen molar-refractivity contribution in [1.29, 1.82) is 0 Å². The number of piperazine rings is 1. The molecule has 1 aromatic heterocycles. The summed E-state index contributed by atoms with van der Waals surface area (Å²) >= 11 is 0. The molecule has 1 saturated heterocycles. The van der Waals surface area contributed by atoms with Crippen LogP contribution in [0.1, 0.15) is 5.56 Å². The van der Waals surface area contributed by atoms with Crippen molar-refractivity contribution in [3.63, 3.8) is 0 Å². The molecule has 0 saturated carbocycles. The Labute approximate surface area is 99.2 Å². The maximum Gasteiger partial charge on any atom is 0.407 e. The van der Waals surface area contributed by atoms with Crippen LogP contribution in [0.4, 0.5) is 10.6 Å². The van der Waals surface area contributed by atoms with Gasteiger partial charge in [0, 0.05) is 37.9 Å². The van der Waals surface area contributed by atoms with Gasteiger partial charge in [-0.15, -0.1) is 0 Å². The summed E-state index contributed by atoms with van der Waals surface area (Å²) in [5.41, 5.74) is 0.872. The zero-order valence-corrected chi connectivity index (χ0v) is 9.41. The standard InChI is InChI=1S/C11H14N4O2/c1-2-9-7-12-8-13-10(9)14-3-5-15(6-4-14)11(16)17/h2,7-8H,1,3-6H2,(H,16,17). The van der Waals surface area contributed by atoms with Crippen LogP contribution < -0.4 is 4.90 Å². The van der Waals surface area contributed by atoms with Crippen molar-refractivity contribution in [3.05, 3.63) is 24.7 Å². The first-order valence-electron chi connectivity index (χ1n) is 5.37. The lowest BCUT2D eigenvalue weighted by Crippen LogP contribution is -2.48. The predicted molar refractivity (Wildman–Crippen MR) is 63.9 cm³/mol. The van der Waals surface area contributed by atoms with Gasteiger partial charge in [-0.1, -0.05) is 12.7 Å². The number of nitrogens with zero attached hydrogens (tertiary/aromatic N) is 4. The van der Waals surface area contributed by atoms with Gasteiger partial charge in [0.05, 0.1) is 0 Å². The highest BCUT2D eigenvalue weighted by molar-refractivity contribution is 5.66. The van der Waals surface area contributed by atoms with Crippen molar-refractivity contribution in [2.75, 3.05) is 31.1 Å². The third-order valence-electron chi connectivity index (χ3n) is 2.79. The Morgan fingerprint density at radius 1 is 1.41 bits per heavy atom. The van der Waals surface area contributed by atoms with Crippen LogP contribution in [0.5, 0.6) is 0 Å². The molecule has 0 radical (unpaired) electrons. The van der Waals surface area contributed by atoms with E-state index in [0.717, 1.165) is 11.4 Å². The fourth-order valence-corrected chi connectivity index (χ4v) is 1.85. The third-order valence-corrected chi connectivity index (χ3v) is 2.79. The monoisotopic (exact) mass is 234 g/mol. The number of carbonyl (C=O) groups is 1. The highest BCUT2D eigenvalue weighted by atomic mass is 16.4. The quantitative estimate of drug-likeness (QED) is 0.824. The van der Waals surface area contributed by atoms with Gasteiger partial charge in [-0.2, -0.15) is 0 Å². The van der Waals surface area contributed by atoms with Crippen LogP contribution in [0.25, 0.3) is 6.08 Å². The average Bonchev–Trinajstić information content (AvgIpc) is 2.39. The lowest BCUT2D eigenvalue weighted by molar-refractivity contribution is 0.142. The minimum absolute atomic E-state index is 0.496. The third kappa shape index (κ3) is 2.35. The van der Waals surface area contributed by atoms with Crippen LogP contribution in [0.2, 0.25) is 0 Å². The molecule has 1 amide bonds. The molecular weight excluding hydrogens is 220 g/mol. The van der Waals surface area contributed by atoms with Gasteiger partial charge in [0.25, 0.3) is 0 Å². The molecule has 0 atom stereocenters. The molecule has 0 bridgehead atoms. The number of rotatable bonds is 2. The van der Waals surface area contributed by atoms with Crippen LogP contribution in [0, 0.1) is 0 Å². The number of aromatic nitrogens is 2. The van der Waals surface area contributed by atoms with E-state index < -0.39 is 6.09 Å². The molecule has 1 N–H and O–H groups in total. The summed E-state index contributed by atoms with van der Waals surface area (Å²) < 4.78 is 0. The molecule has 1 fully saturated rings.